The Morgan fingerprint density at radius 1 is 1.27 bits per heavy atom. The number of nitrogens with one attached hydrogen (secondary N) is 1. The predicted molar refractivity (Wildman–Crippen MR) is 99.6 cm³/mol. The second-order valence-electron chi connectivity index (χ2n) is 6.77. The number of thiazole rings is 1. The maximum Gasteiger partial charge on any atom is 0.234 e. The Hall–Kier alpha value is -2.38. The number of hydrogen-bond donors (Lipinski definition) is 1. The number of nitrogens with zero attached hydrogens (tertiary/aromatic N) is 2. The quantitative estimate of drug-likeness (QED) is 0.699. The Balaban J connectivity index is 1.55. The van der Waals surface area contributed by atoms with Crippen LogP contribution in [0.2, 0.25) is 0 Å². The van der Waals surface area contributed by atoms with Crippen LogP contribution in [0.1, 0.15) is 19.8 Å². The van der Waals surface area contributed by atoms with E-state index in [9.17, 15) is 9.18 Å². The van der Waals surface area contributed by atoms with Crippen molar-refractivity contribution in [2.24, 2.45) is 5.41 Å². The van der Waals surface area contributed by atoms with Crippen LogP contribution in [0, 0.1) is 11.4 Å². The van der Waals surface area contributed by atoms with Crippen molar-refractivity contribution < 1.29 is 13.9 Å². The Morgan fingerprint density at radius 2 is 2.15 bits per heavy atom. The van der Waals surface area contributed by atoms with Crippen LogP contribution in [0.4, 0.5) is 9.52 Å². The molecule has 1 aliphatic rings. The number of ether oxygens (including phenoxy) is 1. The summed E-state index contributed by atoms with van der Waals surface area (Å²) >= 11 is 1.40. The molecule has 1 saturated heterocycles. The zero-order chi connectivity index (χ0) is 18.1. The lowest BCUT2D eigenvalue weighted by Gasteiger charge is -2.31. The molecule has 2 aromatic heterocycles. The molecule has 134 valence electrons. The standard InChI is InChI=1S/C19H18FN3O2S/c1-19(5-2-6-25-11-19)17(24)23-18-22-10-15(26-18)12-3-4-13-9-21-16(20)8-14(13)7-12/h3-4,7-10H,2,5-6,11H2,1H3,(H,22,23,24). The van der Waals surface area contributed by atoms with Crippen molar-refractivity contribution in [2.75, 3.05) is 18.5 Å². The van der Waals surface area contributed by atoms with Crippen molar-refractivity contribution in [2.45, 2.75) is 19.8 Å². The lowest BCUT2D eigenvalue weighted by Crippen LogP contribution is -2.40. The second-order valence-corrected chi connectivity index (χ2v) is 7.80. The molecule has 1 fully saturated rings. The van der Waals surface area contributed by atoms with Crippen LogP contribution < -0.4 is 5.32 Å². The van der Waals surface area contributed by atoms with Crippen LogP contribution >= 0.6 is 11.3 Å². The molecule has 0 saturated carbocycles. The van der Waals surface area contributed by atoms with Crippen LogP contribution in [0.5, 0.6) is 0 Å². The number of amides is 1. The van der Waals surface area contributed by atoms with Crippen molar-refractivity contribution in [1.29, 1.82) is 0 Å². The molecule has 1 unspecified atom stereocenters. The number of hydrogen-bond acceptors (Lipinski definition) is 5. The smallest absolute Gasteiger partial charge is 0.234 e. The first-order valence-corrected chi connectivity index (χ1v) is 9.26. The lowest BCUT2D eigenvalue weighted by molar-refractivity contribution is -0.131. The number of carbonyl (C=O) groups is 1. The number of fused-ring (bicyclic) bond motifs is 1. The normalized spacial score (nSPS) is 20.2. The van der Waals surface area contributed by atoms with Gasteiger partial charge in [0.1, 0.15) is 0 Å². The molecule has 1 atom stereocenters. The highest BCUT2D eigenvalue weighted by Gasteiger charge is 2.35. The van der Waals surface area contributed by atoms with E-state index in [2.05, 4.69) is 15.3 Å². The van der Waals surface area contributed by atoms with Crippen molar-refractivity contribution in [3.05, 3.63) is 42.6 Å². The van der Waals surface area contributed by atoms with Crippen LogP contribution in [0.25, 0.3) is 21.2 Å². The summed E-state index contributed by atoms with van der Waals surface area (Å²) in [6.45, 7) is 3.06. The van der Waals surface area contributed by atoms with Gasteiger partial charge >= 0.3 is 0 Å². The van der Waals surface area contributed by atoms with E-state index in [1.54, 1.807) is 6.20 Å². The SMILES string of the molecule is CC1(C(=O)Nc2ncc(-c3ccc4cnc(F)cc4c3)s2)CCCOC1. The third-order valence-electron chi connectivity index (χ3n) is 4.69. The van der Waals surface area contributed by atoms with E-state index in [-0.39, 0.29) is 5.91 Å². The zero-order valence-corrected chi connectivity index (χ0v) is 15.1. The van der Waals surface area contributed by atoms with E-state index in [4.69, 9.17) is 4.74 Å². The maximum atomic E-state index is 13.4. The van der Waals surface area contributed by atoms with Crippen LogP contribution in [0.15, 0.2) is 36.7 Å². The van der Waals surface area contributed by atoms with Crippen LogP contribution in [0.3, 0.4) is 0 Å². The molecular formula is C19H18FN3O2S. The molecule has 1 aromatic carbocycles. The van der Waals surface area contributed by atoms with Crippen LogP contribution in [-0.4, -0.2) is 29.1 Å². The third kappa shape index (κ3) is 3.32. The fourth-order valence-corrected chi connectivity index (χ4v) is 3.90. The van der Waals surface area contributed by atoms with E-state index in [0.717, 1.165) is 34.1 Å². The van der Waals surface area contributed by atoms with E-state index < -0.39 is 11.4 Å². The molecule has 5 nitrogen and oxygen atoms in total. The number of anilines is 1. The van der Waals surface area contributed by atoms with Gasteiger partial charge < -0.3 is 10.1 Å². The monoisotopic (exact) mass is 371 g/mol. The fraction of sp³-hybridized carbons (Fsp3) is 0.316. The zero-order valence-electron chi connectivity index (χ0n) is 14.3. The van der Waals surface area contributed by atoms with E-state index in [1.165, 1.54) is 23.6 Å². The number of rotatable bonds is 3. The molecule has 0 aliphatic carbocycles. The molecule has 1 N–H and O–H groups in total. The largest absolute Gasteiger partial charge is 0.380 e. The van der Waals surface area contributed by atoms with Gasteiger partial charge in [-0.3, -0.25) is 4.79 Å². The van der Waals surface area contributed by atoms with Gasteiger partial charge in [-0.05, 0) is 36.8 Å². The van der Waals surface area contributed by atoms with Gasteiger partial charge in [-0.25, -0.2) is 9.97 Å². The molecule has 0 bridgehead atoms. The van der Waals surface area contributed by atoms with Crippen molar-refractivity contribution >= 4 is 33.1 Å². The van der Waals surface area contributed by atoms with Crippen molar-refractivity contribution in [1.82, 2.24) is 9.97 Å². The molecule has 1 amide bonds. The average molecular weight is 371 g/mol. The highest BCUT2D eigenvalue weighted by atomic mass is 32.1. The molecule has 26 heavy (non-hydrogen) atoms. The van der Waals surface area contributed by atoms with Gasteiger partial charge in [0, 0.05) is 30.5 Å². The first-order chi connectivity index (χ1) is 12.5. The summed E-state index contributed by atoms with van der Waals surface area (Å²) < 4.78 is 18.8. The first kappa shape index (κ1) is 17.1. The van der Waals surface area contributed by atoms with Gasteiger partial charge in [-0.15, -0.1) is 0 Å². The Kier molecular flexibility index (Phi) is 4.42. The van der Waals surface area contributed by atoms with E-state index in [0.29, 0.717) is 18.3 Å². The molecule has 0 spiro atoms. The lowest BCUT2D eigenvalue weighted by atomic mass is 9.84. The molecule has 3 heterocycles. The van der Waals surface area contributed by atoms with Crippen LogP contribution in [-0.2, 0) is 9.53 Å². The molecule has 7 heteroatoms. The van der Waals surface area contributed by atoms with Gasteiger partial charge in [-0.2, -0.15) is 4.39 Å². The number of benzene rings is 1. The van der Waals surface area contributed by atoms with E-state index >= 15 is 0 Å². The maximum absolute atomic E-state index is 13.4. The van der Waals surface area contributed by atoms with Gasteiger partial charge in [0.25, 0.3) is 0 Å². The number of aromatic nitrogens is 2. The minimum absolute atomic E-state index is 0.0650. The summed E-state index contributed by atoms with van der Waals surface area (Å²) in [5.74, 6) is -0.570. The van der Waals surface area contributed by atoms with Gasteiger partial charge in [-0.1, -0.05) is 23.5 Å². The predicted octanol–water partition coefficient (Wildman–Crippen LogP) is 4.25. The summed E-state index contributed by atoms with van der Waals surface area (Å²) in [6.07, 6.45) is 4.93. The summed E-state index contributed by atoms with van der Waals surface area (Å²) in [4.78, 5) is 21.5. The molecule has 0 radical (unpaired) electrons. The van der Waals surface area contributed by atoms with E-state index in [1.807, 2.05) is 25.1 Å². The number of carbonyl (C=O) groups excluding carboxylic acids is 1. The average Bonchev–Trinajstić information content (AvgIpc) is 3.10. The highest BCUT2D eigenvalue weighted by molar-refractivity contribution is 7.19. The van der Waals surface area contributed by atoms with Gasteiger partial charge in [0.2, 0.25) is 11.9 Å². The number of halogens is 1. The molecular weight excluding hydrogens is 353 g/mol. The van der Waals surface area contributed by atoms with Gasteiger partial charge in [0.15, 0.2) is 5.13 Å². The first-order valence-electron chi connectivity index (χ1n) is 8.44. The highest BCUT2D eigenvalue weighted by Crippen LogP contribution is 2.33. The minimum atomic E-state index is -0.516. The topological polar surface area (TPSA) is 64.1 Å². The number of pyridine rings is 1. The minimum Gasteiger partial charge on any atom is -0.380 e. The van der Waals surface area contributed by atoms with Crippen molar-refractivity contribution in [3.8, 4) is 10.4 Å². The summed E-state index contributed by atoms with van der Waals surface area (Å²) in [6, 6.07) is 7.15. The summed E-state index contributed by atoms with van der Waals surface area (Å²) in [7, 11) is 0. The summed E-state index contributed by atoms with van der Waals surface area (Å²) in [5, 5.41) is 5.11. The van der Waals surface area contributed by atoms with Crippen molar-refractivity contribution in [3.63, 3.8) is 0 Å². The van der Waals surface area contributed by atoms with Gasteiger partial charge in [0.05, 0.1) is 16.9 Å². The molecule has 4 rings (SSSR count). The second kappa shape index (κ2) is 6.74. The molecule has 3 aromatic rings. The summed E-state index contributed by atoms with van der Waals surface area (Å²) in [5.41, 5.74) is 0.408. The third-order valence-corrected chi connectivity index (χ3v) is 5.65. The fourth-order valence-electron chi connectivity index (χ4n) is 3.09. The Bertz CT molecular complexity index is 966. The molecule has 1 aliphatic heterocycles. The Morgan fingerprint density at radius 3 is 2.96 bits per heavy atom. The Labute approximate surface area is 154 Å².